The van der Waals surface area contributed by atoms with E-state index in [0.717, 1.165) is 50.1 Å². The summed E-state index contributed by atoms with van der Waals surface area (Å²) in [6, 6.07) is 3.50. The number of hydrogen-bond donors (Lipinski definition) is 2. The number of aryl methyl sites for hydroxylation is 1. The van der Waals surface area contributed by atoms with Crippen molar-refractivity contribution in [2.45, 2.75) is 37.6 Å². The number of fused-ring (bicyclic) bond motifs is 1. The van der Waals surface area contributed by atoms with Gasteiger partial charge in [-0.25, -0.2) is 9.18 Å². The minimum absolute atomic E-state index is 0.189. The lowest BCUT2D eigenvalue weighted by atomic mass is 9.88. The van der Waals surface area contributed by atoms with E-state index in [1.807, 2.05) is 6.07 Å². The van der Waals surface area contributed by atoms with Crippen LogP contribution in [0.3, 0.4) is 0 Å². The first kappa shape index (κ1) is 19.4. The van der Waals surface area contributed by atoms with Crippen LogP contribution in [0.25, 0.3) is 10.9 Å². The normalized spacial score (nSPS) is 24.1. The third-order valence-corrected chi connectivity index (χ3v) is 6.78. The van der Waals surface area contributed by atoms with Crippen molar-refractivity contribution < 1.29 is 14.0 Å². The molecule has 2 aromatic rings. The summed E-state index contributed by atoms with van der Waals surface area (Å²) >= 11 is 0. The molecule has 1 atom stereocenters. The third-order valence-electron chi connectivity index (χ3n) is 6.78. The summed E-state index contributed by atoms with van der Waals surface area (Å²) in [4.78, 5) is 27.6. The number of nitrogens with zero attached hydrogens (tertiary/aromatic N) is 4. The molecule has 3 aliphatic rings. The van der Waals surface area contributed by atoms with Gasteiger partial charge in [0.25, 0.3) is 0 Å². The molecule has 0 radical (unpaired) electrons. The Hall–Kier alpha value is -2.52. The summed E-state index contributed by atoms with van der Waals surface area (Å²) in [6.45, 7) is 4.37. The van der Waals surface area contributed by atoms with Crippen LogP contribution < -0.4 is 15.5 Å². The number of halogens is 1. The molecule has 8 nitrogen and oxygen atoms in total. The molecule has 0 aliphatic carbocycles. The number of urea groups is 1. The molecule has 1 unspecified atom stereocenters. The highest BCUT2D eigenvalue weighted by atomic mass is 19.1. The van der Waals surface area contributed by atoms with Crippen LogP contribution in [0.2, 0.25) is 0 Å². The highest BCUT2D eigenvalue weighted by molar-refractivity contribution is 6.08. The van der Waals surface area contributed by atoms with Gasteiger partial charge in [-0.05, 0) is 62.5 Å². The number of carbonyl (C=O) groups excluding carboxylic acids is 2. The van der Waals surface area contributed by atoms with Crippen molar-refractivity contribution in [2.24, 2.45) is 7.05 Å². The van der Waals surface area contributed by atoms with Crippen molar-refractivity contribution in [2.75, 3.05) is 37.6 Å². The van der Waals surface area contributed by atoms with Crippen molar-refractivity contribution >= 4 is 28.7 Å². The molecule has 2 N–H and O–H groups in total. The van der Waals surface area contributed by atoms with Crippen LogP contribution in [0.15, 0.2) is 12.1 Å². The smallest absolute Gasteiger partial charge is 0.315 e. The number of imide groups is 1. The molecule has 30 heavy (non-hydrogen) atoms. The molecule has 9 heteroatoms. The van der Waals surface area contributed by atoms with Crippen LogP contribution in [0.1, 0.15) is 37.2 Å². The van der Waals surface area contributed by atoms with E-state index in [0.29, 0.717) is 17.2 Å². The lowest BCUT2D eigenvalue weighted by Gasteiger charge is -2.36. The number of amides is 3. The van der Waals surface area contributed by atoms with E-state index < -0.39 is 6.03 Å². The van der Waals surface area contributed by atoms with Gasteiger partial charge < -0.3 is 5.32 Å². The summed E-state index contributed by atoms with van der Waals surface area (Å²) < 4.78 is 16.9. The zero-order chi connectivity index (χ0) is 20.8. The first-order chi connectivity index (χ1) is 14.5. The van der Waals surface area contributed by atoms with Gasteiger partial charge in [-0.1, -0.05) is 0 Å². The van der Waals surface area contributed by atoms with Crippen LogP contribution in [0.4, 0.5) is 15.0 Å². The Morgan fingerprint density at radius 2 is 1.93 bits per heavy atom. The van der Waals surface area contributed by atoms with Crippen molar-refractivity contribution in [1.29, 1.82) is 0 Å². The summed E-state index contributed by atoms with van der Waals surface area (Å²) in [5.74, 6) is 0.0386. The van der Waals surface area contributed by atoms with Crippen LogP contribution >= 0.6 is 0 Å². The van der Waals surface area contributed by atoms with Crippen LogP contribution in [0.5, 0.6) is 0 Å². The van der Waals surface area contributed by atoms with Crippen molar-refractivity contribution in [3.8, 4) is 0 Å². The highest BCUT2D eigenvalue weighted by Gasteiger charge is 2.31. The molecule has 0 saturated carbocycles. The zero-order valence-electron chi connectivity index (χ0n) is 17.2. The van der Waals surface area contributed by atoms with E-state index in [-0.39, 0.29) is 30.6 Å². The number of hydrogen-bond acceptors (Lipinski definition) is 5. The molecule has 3 fully saturated rings. The first-order valence-corrected chi connectivity index (χ1v) is 10.7. The predicted molar refractivity (Wildman–Crippen MR) is 111 cm³/mol. The molecule has 1 aromatic heterocycles. The van der Waals surface area contributed by atoms with Gasteiger partial charge in [-0.3, -0.25) is 24.6 Å². The Bertz CT molecular complexity index is 991. The number of anilines is 1. The molecule has 3 aliphatic heterocycles. The summed E-state index contributed by atoms with van der Waals surface area (Å²) in [5.41, 5.74) is 1.54. The number of rotatable bonds is 3. The molecule has 5 rings (SSSR count). The fourth-order valence-corrected chi connectivity index (χ4v) is 5.08. The van der Waals surface area contributed by atoms with E-state index >= 15 is 4.39 Å². The fraction of sp³-hybridized carbons (Fsp3) is 0.571. The lowest BCUT2D eigenvalue weighted by Crippen LogP contribution is -2.49. The zero-order valence-corrected chi connectivity index (χ0v) is 17.2. The van der Waals surface area contributed by atoms with E-state index in [4.69, 9.17) is 0 Å². The Balaban J connectivity index is 1.40. The lowest BCUT2D eigenvalue weighted by molar-refractivity contribution is -0.120. The maximum absolute atomic E-state index is 15.2. The molecular formula is C21H27FN6O2. The summed E-state index contributed by atoms with van der Waals surface area (Å²) in [5, 5.41) is 10.8. The van der Waals surface area contributed by atoms with E-state index in [1.165, 1.54) is 17.4 Å². The maximum atomic E-state index is 15.2. The van der Waals surface area contributed by atoms with Gasteiger partial charge in [-0.15, -0.1) is 0 Å². The van der Waals surface area contributed by atoms with Gasteiger partial charge in [0.1, 0.15) is 5.82 Å². The quantitative estimate of drug-likeness (QED) is 0.799. The molecule has 3 saturated heterocycles. The average Bonchev–Trinajstić information content (AvgIpc) is 3.37. The van der Waals surface area contributed by atoms with Gasteiger partial charge in [0.15, 0.2) is 5.82 Å². The van der Waals surface area contributed by atoms with E-state index in [1.54, 1.807) is 11.7 Å². The van der Waals surface area contributed by atoms with Crippen molar-refractivity contribution in [3.63, 3.8) is 0 Å². The Morgan fingerprint density at radius 3 is 2.63 bits per heavy atom. The highest BCUT2D eigenvalue weighted by Crippen LogP contribution is 2.36. The summed E-state index contributed by atoms with van der Waals surface area (Å²) in [7, 11) is 1.80. The molecule has 1 aromatic carbocycles. The van der Waals surface area contributed by atoms with Crippen molar-refractivity contribution in [1.82, 2.24) is 25.3 Å². The van der Waals surface area contributed by atoms with Gasteiger partial charge in [0, 0.05) is 38.0 Å². The molecule has 4 heterocycles. The molecule has 0 spiro atoms. The van der Waals surface area contributed by atoms with Crippen LogP contribution in [0, 0.1) is 5.82 Å². The maximum Gasteiger partial charge on any atom is 0.329 e. The second kappa shape index (κ2) is 7.63. The van der Waals surface area contributed by atoms with E-state index in [2.05, 4.69) is 20.6 Å². The third kappa shape index (κ3) is 3.35. The van der Waals surface area contributed by atoms with Crippen molar-refractivity contribution in [3.05, 3.63) is 23.5 Å². The topological polar surface area (TPSA) is 82.5 Å². The second-order valence-electron chi connectivity index (χ2n) is 8.55. The number of piperidine rings is 1. The second-order valence-corrected chi connectivity index (χ2v) is 8.55. The molecule has 160 valence electrons. The molecular weight excluding hydrogens is 387 g/mol. The Labute approximate surface area is 174 Å². The van der Waals surface area contributed by atoms with Gasteiger partial charge in [-0.2, -0.15) is 5.10 Å². The first-order valence-electron chi connectivity index (χ1n) is 10.7. The predicted octanol–water partition coefficient (Wildman–Crippen LogP) is 1.70. The molecule has 0 bridgehead atoms. The monoisotopic (exact) mass is 414 g/mol. The largest absolute Gasteiger partial charge is 0.329 e. The number of likely N-dealkylation sites (tertiary alicyclic amines) is 1. The number of carbonyl (C=O) groups is 2. The Kier molecular flexibility index (Phi) is 4.94. The molecule has 3 amide bonds. The number of aromatic nitrogens is 2. The number of benzene rings is 1. The summed E-state index contributed by atoms with van der Waals surface area (Å²) in [6.07, 6.45) is 3.29. The Morgan fingerprint density at radius 1 is 1.13 bits per heavy atom. The van der Waals surface area contributed by atoms with Gasteiger partial charge >= 0.3 is 6.03 Å². The fourth-order valence-electron chi connectivity index (χ4n) is 5.08. The van der Waals surface area contributed by atoms with Crippen LogP contribution in [-0.2, 0) is 11.8 Å². The number of nitrogens with one attached hydrogen (secondary N) is 2. The van der Waals surface area contributed by atoms with Crippen LogP contribution in [-0.4, -0.2) is 65.4 Å². The van der Waals surface area contributed by atoms with E-state index in [9.17, 15) is 9.59 Å². The standard InChI is InChI=1S/C21H27FN6O2/c1-26-18-11-15(13-3-7-27(8-4-13)14-2-6-23-12-14)17(22)10-16(18)20(25-26)28-9-5-19(29)24-21(28)30/h10-11,13-14,23H,2-9,12H2,1H3,(H,24,29,30). The SMILES string of the molecule is Cn1nc(N2CCC(=O)NC2=O)c2cc(F)c(C3CCN(C4CCNC4)CC3)cc21. The van der Waals surface area contributed by atoms with Gasteiger partial charge in [0.2, 0.25) is 5.91 Å². The average molecular weight is 414 g/mol. The minimum Gasteiger partial charge on any atom is -0.315 e. The minimum atomic E-state index is -0.510. The van der Waals surface area contributed by atoms with Gasteiger partial charge in [0.05, 0.1) is 5.52 Å².